The van der Waals surface area contributed by atoms with Crippen LogP contribution in [0.25, 0.3) is 0 Å². The summed E-state index contributed by atoms with van der Waals surface area (Å²) in [5.74, 6) is 0.883. The van der Waals surface area contributed by atoms with Crippen LogP contribution in [0.15, 0.2) is 23.2 Å². The average Bonchev–Trinajstić information content (AvgIpc) is 2.69. The predicted octanol–water partition coefficient (Wildman–Crippen LogP) is 2.54. The number of ether oxygens (including phenoxy) is 1. The lowest BCUT2D eigenvalue weighted by Crippen LogP contribution is -2.53. The number of fused-ring (bicyclic) bond motifs is 1. The number of carbonyl (C=O) groups is 1. The van der Waals surface area contributed by atoms with Crippen molar-refractivity contribution in [2.75, 3.05) is 58.3 Å². The van der Waals surface area contributed by atoms with Crippen molar-refractivity contribution in [2.24, 2.45) is 4.99 Å². The fourth-order valence-electron chi connectivity index (χ4n) is 3.78. The Morgan fingerprint density at radius 2 is 1.89 bits per heavy atom. The minimum absolute atomic E-state index is 0. The third kappa shape index (κ3) is 5.42. The maximum Gasteiger partial charge on any atom is 0.409 e. The van der Waals surface area contributed by atoms with Crippen molar-refractivity contribution in [3.8, 4) is 0 Å². The second-order valence-electron chi connectivity index (χ2n) is 7.06. The number of piperazine rings is 1. The zero-order valence-electron chi connectivity index (χ0n) is 17.1. The molecule has 0 spiro atoms. The van der Waals surface area contributed by atoms with Gasteiger partial charge in [0.25, 0.3) is 0 Å². The van der Waals surface area contributed by atoms with Crippen molar-refractivity contribution in [3.05, 3.63) is 29.3 Å². The van der Waals surface area contributed by atoms with E-state index in [1.54, 1.807) is 4.90 Å². The van der Waals surface area contributed by atoms with Crippen molar-refractivity contribution < 1.29 is 9.53 Å². The molecular formula is C20H32IN5O2. The molecule has 2 aliphatic rings. The van der Waals surface area contributed by atoms with Gasteiger partial charge in [0, 0.05) is 59.1 Å². The number of rotatable bonds is 3. The predicted molar refractivity (Wildman–Crippen MR) is 124 cm³/mol. The number of benzene rings is 1. The highest BCUT2D eigenvalue weighted by Gasteiger charge is 2.23. The first-order valence-corrected chi connectivity index (χ1v) is 9.82. The molecule has 1 fully saturated rings. The standard InChI is InChI=1S/C20H31N5O2.HI/c1-4-27-20(26)25-12-10-24(11-13-25)19(21-2)22-15-16-7-8-18-17(14-16)6-5-9-23(18)3;/h7-8,14H,4-6,9-13,15H2,1-3H3,(H,21,22);1H. The van der Waals surface area contributed by atoms with E-state index in [4.69, 9.17) is 4.74 Å². The van der Waals surface area contributed by atoms with E-state index >= 15 is 0 Å². The van der Waals surface area contributed by atoms with E-state index in [9.17, 15) is 4.79 Å². The van der Waals surface area contributed by atoms with E-state index in [1.807, 2.05) is 14.0 Å². The molecule has 1 N–H and O–H groups in total. The number of aryl methyl sites for hydroxylation is 1. The van der Waals surface area contributed by atoms with Crippen LogP contribution in [-0.2, 0) is 17.7 Å². The first-order chi connectivity index (χ1) is 13.1. The molecule has 7 nitrogen and oxygen atoms in total. The molecular weight excluding hydrogens is 469 g/mol. The van der Waals surface area contributed by atoms with Gasteiger partial charge in [-0.3, -0.25) is 4.99 Å². The number of guanidine groups is 1. The Bertz CT molecular complexity index is 689. The lowest BCUT2D eigenvalue weighted by Gasteiger charge is -2.36. The summed E-state index contributed by atoms with van der Waals surface area (Å²) in [6, 6.07) is 6.73. The Hall–Kier alpha value is -1.71. The molecule has 0 aliphatic carbocycles. The van der Waals surface area contributed by atoms with Crippen molar-refractivity contribution in [3.63, 3.8) is 0 Å². The number of amides is 1. The number of nitrogens with zero attached hydrogens (tertiary/aromatic N) is 4. The highest BCUT2D eigenvalue weighted by molar-refractivity contribution is 14.0. The molecule has 1 aromatic rings. The minimum atomic E-state index is -0.223. The normalized spacial score (nSPS) is 17.0. The van der Waals surface area contributed by atoms with E-state index in [0.717, 1.165) is 38.6 Å². The number of anilines is 1. The van der Waals surface area contributed by atoms with E-state index in [1.165, 1.54) is 23.2 Å². The molecule has 0 saturated carbocycles. The third-order valence-electron chi connectivity index (χ3n) is 5.26. The Balaban J connectivity index is 0.00000280. The molecule has 0 atom stereocenters. The van der Waals surface area contributed by atoms with Gasteiger partial charge in [-0.2, -0.15) is 0 Å². The summed E-state index contributed by atoms with van der Waals surface area (Å²) in [5, 5.41) is 3.47. The van der Waals surface area contributed by atoms with Gasteiger partial charge in [-0.15, -0.1) is 24.0 Å². The highest BCUT2D eigenvalue weighted by atomic mass is 127. The maximum absolute atomic E-state index is 11.8. The van der Waals surface area contributed by atoms with E-state index in [-0.39, 0.29) is 30.1 Å². The van der Waals surface area contributed by atoms with Gasteiger partial charge in [-0.05, 0) is 37.0 Å². The smallest absolute Gasteiger partial charge is 0.409 e. The second-order valence-corrected chi connectivity index (χ2v) is 7.06. The Morgan fingerprint density at radius 3 is 2.57 bits per heavy atom. The molecule has 28 heavy (non-hydrogen) atoms. The van der Waals surface area contributed by atoms with Crippen LogP contribution in [0.3, 0.4) is 0 Å². The van der Waals surface area contributed by atoms with Gasteiger partial charge in [0.05, 0.1) is 6.61 Å². The van der Waals surface area contributed by atoms with Crippen LogP contribution < -0.4 is 10.2 Å². The Kier molecular flexibility index (Phi) is 8.65. The highest BCUT2D eigenvalue weighted by Crippen LogP contribution is 2.26. The van der Waals surface area contributed by atoms with Crippen molar-refractivity contribution in [1.29, 1.82) is 0 Å². The molecule has 1 saturated heterocycles. The minimum Gasteiger partial charge on any atom is -0.450 e. The van der Waals surface area contributed by atoms with Crippen molar-refractivity contribution >= 4 is 41.7 Å². The van der Waals surface area contributed by atoms with Crippen LogP contribution >= 0.6 is 24.0 Å². The summed E-state index contributed by atoms with van der Waals surface area (Å²) >= 11 is 0. The number of nitrogens with one attached hydrogen (secondary N) is 1. The topological polar surface area (TPSA) is 60.4 Å². The molecule has 0 radical (unpaired) electrons. The zero-order valence-corrected chi connectivity index (χ0v) is 19.4. The van der Waals surface area contributed by atoms with Crippen LogP contribution in [0.4, 0.5) is 10.5 Å². The molecule has 8 heteroatoms. The summed E-state index contributed by atoms with van der Waals surface area (Å²) < 4.78 is 5.08. The monoisotopic (exact) mass is 501 g/mol. The quantitative estimate of drug-likeness (QED) is 0.392. The van der Waals surface area contributed by atoms with Crippen LogP contribution in [0.2, 0.25) is 0 Å². The number of hydrogen-bond acceptors (Lipinski definition) is 4. The second kappa shape index (κ2) is 10.7. The number of hydrogen-bond donors (Lipinski definition) is 1. The van der Waals surface area contributed by atoms with E-state index < -0.39 is 0 Å². The van der Waals surface area contributed by atoms with E-state index in [0.29, 0.717) is 19.7 Å². The number of aliphatic imine (C=N–C) groups is 1. The molecule has 3 rings (SSSR count). The summed E-state index contributed by atoms with van der Waals surface area (Å²) in [6.45, 7) is 6.96. The molecule has 2 aliphatic heterocycles. The summed E-state index contributed by atoms with van der Waals surface area (Å²) in [5.41, 5.74) is 4.06. The van der Waals surface area contributed by atoms with Gasteiger partial charge in [-0.25, -0.2) is 4.79 Å². The lowest BCUT2D eigenvalue weighted by molar-refractivity contribution is 0.0914. The summed E-state index contributed by atoms with van der Waals surface area (Å²) in [4.78, 5) is 22.5. The van der Waals surface area contributed by atoms with Crippen molar-refractivity contribution in [1.82, 2.24) is 15.1 Å². The SMILES string of the molecule is CCOC(=O)N1CCN(C(=NC)NCc2ccc3c(c2)CCCN3C)CC1.I. The van der Waals surface area contributed by atoms with Gasteiger partial charge in [0.15, 0.2) is 5.96 Å². The van der Waals surface area contributed by atoms with Crippen LogP contribution in [-0.4, -0.2) is 75.3 Å². The van der Waals surface area contributed by atoms with Gasteiger partial charge >= 0.3 is 6.09 Å². The van der Waals surface area contributed by atoms with Gasteiger partial charge in [0.1, 0.15) is 0 Å². The van der Waals surface area contributed by atoms with Crippen LogP contribution in [0.1, 0.15) is 24.5 Å². The molecule has 1 aromatic carbocycles. The molecule has 0 unspecified atom stereocenters. The first kappa shape index (κ1) is 22.6. The fraction of sp³-hybridized carbons (Fsp3) is 0.600. The van der Waals surface area contributed by atoms with Crippen molar-refractivity contribution in [2.45, 2.75) is 26.3 Å². The Morgan fingerprint density at radius 1 is 1.18 bits per heavy atom. The molecule has 156 valence electrons. The van der Waals surface area contributed by atoms with Crippen LogP contribution in [0, 0.1) is 0 Å². The molecule has 2 heterocycles. The van der Waals surface area contributed by atoms with Gasteiger partial charge in [0.2, 0.25) is 0 Å². The van der Waals surface area contributed by atoms with E-state index in [2.05, 4.69) is 45.4 Å². The molecule has 0 aromatic heterocycles. The van der Waals surface area contributed by atoms with Gasteiger partial charge in [-0.1, -0.05) is 12.1 Å². The largest absolute Gasteiger partial charge is 0.450 e. The zero-order chi connectivity index (χ0) is 19.2. The fourth-order valence-corrected chi connectivity index (χ4v) is 3.78. The Labute approximate surface area is 185 Å². The summed E-state index contributed by atoms with van der Waals surface area (Å²) in [6.07, 6.45) is 2.14. The molecule has 0 bridgehead atoms. The average molecular weight is 501 g/mol. The number of carbonyl (C=O) groups excluding carboxylic acids is 1. The maximum atomic E-state index is 11.8. The first-order valence-electron chi connectivity index (χ1n) is 9.82. The third-order valence-corrected chi connectivity index (χ3v) is 5.26. The number of halogens is 1. The van der Waals surface area contributed by atoms with Gasteiger partial charge < -0.3 is 24.8 Å². The molecule has 1 amide bonds. The lowest BCUT2D eigenvalue weighted by atomic mass is 9.99. The van der Waals surface area contributed by atoms with Crippen LogP contribution in [0.5, 0.6) is 0 Å². The summed E-state index contributed by atoms with van der Waals surface area (Å²) in [7, 11) is 3.97.